The third kappa shape index (κ3) is 1.88. The van der Waals surface area contributed by atoms with E-state index in [2.05, 4.69) is 18.2 Å². The van der Waals surface area contributed by atoms with Gasteiger partial charge in [0.05, 0.1) is 0 Å². The van der Waals surface area contributed by atoms with Crippen molar-refractivity contribution < 1.29 is 0 Å². The number of benzene rings is 1. The van der Waals surface area contributed by atoms with E-state index < -0.39 is 0 Å². The Bertz CT molecular complexity index is 291. The van der Waals surface area contributed by atoms with E-state index in [0.29, 0.717) is 0 Å². The van der Waals surface area contributed by atoms with Crippen LogP contribution in [0.2, 0.25) is 0 Å². The first-order valence-electron chi connectivity index (χ1n) is 5.07. The molecule has 1 aliphatic carbocycles. The summed E-state index contributed by atoms with van der Waals surface area (Å²) >= 11 is 5.78. The smallest absolute Gasteiger partial charge is 0.0264 e. The normalized spacial score (nSPS) is 15.5. The topological polar surface area (TPSA) is 0 Å². The van der Waals surface area contributed by atoms with Crippen LogP contribution in [0.1, 0.15) is 29.5 Å². The maximum atomic E-state index is 5.78. The average Bonchev–Trinajstić information content (AvgIpc) is 2.19. The lowest BCUT2D eigenvalue weighted by atomic mass is 9.87. The lowest BCUT2D eigenvalue weighted by Gasteiger charge is -2.18. The molecule has 0 aliphatic heterocycles. The molecule has 1 aromatic carbocycles. The number of rotatable bonds is 2. The van der Waals surface area contributed by atoms with Crippen molar-refractivity contribution in [3.63, 3.8) is 0 Å². The Morgan fingerprint density at radius 2 is 2.00 bits per heavy atom. The van der Waals surface area contributed by atoms with Gasteiger partial charge in [-0.25, -0.2) is 0 Å². The summed E-state index contributed by atoms with van der Waals surface area (Å²) in [7, 11) is 0. The average molecular weight is 195 g/mol. The molecule has 2 rings (SSSR count). The molecule has 0 bridgehead atoms. The fourth-order valence-electron chi connectivity index (χ4n) is 2.20. The maximum absolute atomic E-state index is 5.78. The Labute approximate surface area is 84.9 Å². The molecule has 13 heavy (non-hydrogen) atoms. The summed E-state index contributed by atoms with van der Waals surface area (Å²) in [6.45, 7) is 0. The van der Waals surface area contributed by atoms with Crippen molar-refractivity contribution in [2.45, 2.75) is 32.1 Å². The van der Waals surface area contributed by atoms with Gasteiger partial charge < -0.3 is 0 Å². The second-order valence-corrected chi connectivity index (χ2v) is 4.08. The Morgan fingerprint density at radius 3 is 2.85 bits per heavy atom. The highest BCUT2D eigenvalue weighted by Crippen LogP contribution is 2.24. The summed E-state index contributed by atoms with van der Waals surface area (Å²) in [6.07, 6.45) is 6.28. The molecule has 0 spiro atoms. The van der Waals surface area contributed by atoms with Gasteiger partial charge in [-0.1, -0.05) is 18.2 Å². The highest BCUT2D eigenvalue weighted by atomic mass is 35.5. The van der Waals surface area contributed by atoms with Crippen LogP contribution >= 0.6 is 11.6 Å². The third-order valence-electron chi connectivity index (χ3n) is 2.86. The van der Waals surface area contributed by atoms with Crippen molar-refractivity contribution in [3.8, 4) is 0 Å². The Balaban J connectivity index is 2.34. The highest BCUT2D eigenvalue weighted by Gasteiger charge is 2.11. The van der Waals surface area contributed by atoms with Crippen molar-refractivity contribution in [1.29, 1.82) is 0 Å². The molecule has 0 saturated heterocycles. The van der Waals surface area contributed by atoms with Gasteiger partial charge in [-0.3, -0.25) is 0 Å². The lowest BCUT2D eigenvalue weighted by molar-refractivity contribution is 0.679. The Hall–Kier alpha value is -0.490. The second kappa shape index (κ2) is 4.15. The number of fused-ring (bicyclic) bond motifs is 1. The minimum atomic E-state index is 0.746. The zero-order valence-corrected chi connectivity index (χ0v) is 8.61. The SMILES string of the molecule is ClCCc1cccc2c1CCCC2. The van der Waals surface area contributed by atoms with Gasteiger partial charge in [-0.2, -0.15) is 0 Å². The summed E-state index contributed by atoms with van der Waals surface area (Å²) < 4.78 is 0. The molecule has 0 atom stereocenters. The summed E-state index contributed by atoms with van der Waals surface area (Å²) in [5, 5.41) is 0. The number of hydrogen-bond acceptors (Lipinski definition) is 0. The summed E-state index contributed by atoms with van der Waals surface area (Å²) in [6, 6.07) is 6.67. The predicted molar refractivity (Wildman–Crippen MR) is 57.5 cm³/mol. The molecule has 1 aliphatic rings. The van der Waals surface area contributed by atoms with Crippen molar-refractivity contribution in [3.05, 3.63) is 34.9 Å². The Morgan fingerprint density at radius 1 is 1.15 bits per heavy atom. The number of halogens is 1. The number of alkyl halides is 1. The quantitative estimate of drug-likeness (QED) is 0.634. The van der Waals surface area contributed by atoms with Crippen LogP contribution in [-0.4, -0.2) is 5.88 Å². The first kappa shape index (κ1) is 9.08. The minimum Gasteiger partial charge on any atom is -0.126 e. The number of hydrogen-bond donors (Lipinski definition) is 0. The van der Waals surface area contributed by atoms with Gasteiger partial charge in [-0.15, -0.1) is 11.6 Å². The molecule has 0 amide bonds. The van der Waals surface area contributed by atoms with Gasteiger partial charge in [0.2, 0.25) is 0 Å². The van der Waals surface area contributed by atoms with Crippen LogP contribution in [0.5, 0.6) is 0 Å². The molecular formula is C12H15Cl. The van der Waals surface area contributed by atoms with E-state index in [1.807, 2.05) is 0 Å². The van der Waals surface area contributed by atoms with Crippen LogP contribution in [-0.2, 0) is 19.3 Å². The molecular weight excluding hydrogens is 180 g/mol. The molecule has 0 heterocycles. The molecule has 0 N–H and O–H groups in total. The number of aryl methyl sites for hydroxylation is 2. The van der Waals surface area contributed by atoms with E-state index in [9.17, 15) is 0 Å². The molecule has 70 valence electrons. The van der Waals surface area contributed by atoms with Crippen molar-refractivity contribution in [2.24, 2.45) is 0 Å². The molecule has 1 heteroatoms. The molecule has 0 unspecified atom stereocenters. The van der Waals surface area contributed by atoms with Crippen molar-refractivity contribution in [1.82, 2.24) is 0 Å². The third-order valence-corrected chi connectivity index (χ3v) is 3.05. The summed E-state index contributed by atoms with van der Waals surface area (Å²) in [4.78, 5) is 0. The standard InChI is InChI=1S/C12H15Cl/c13-9-8-11-6-3-5-10-4-1-2-7-12(10)11/h3,5-6H,1-2,4,7-9H2. The highest BCUT2D eigenvalue weighted by molar-refractivity contribution is 6.18. The fraction of sp³-hybridized carbons (Fsp3) is 0.500. The van der Waals surface area contributed by atoms with E-state index in [1.165, 1.54) is 31.2 Å². The predicted octanol–water partition coefficient (Wildman–Crippen LogP) is 3.35. The van der Waals surface area contributed by atoms with Gasteiger partial charge in [0.25, 0.3) is 0 Å². The lowest BCUT2D eigenvalue weighted by Crippen LogP contribution is -2.06. The van der Waals surface area contributed by atoms with Crippen LogP contribution in [0.3, 0.4) is 0 Å². The van der Waals surface area contributed by atoms with E-state index in [1.54, 1.807) is 11.1 Å². The molecule has 1 aromatic rings. The fourth-order valence-corrected chi connectivity index (χ4v) is 2.40. The maximum Gasteiger partial charge on any atom is 0.0264 e. The van der Waals surface area contributed by atoms with Gasteiger partial charge in [0.1, 0.15) is 0 Å². The minimum absolute atomic E-state index is 0.746. The van der Waals surface area contributed by atoms with Crippen LogP contribution in [0.25, 0.3) is 0 Å². The zero-order chi connectivity index (χ0) is 9.10. The molecule has 0 aromatic heterocycles. The van der Waals surface area contributed by atoms with Crippen LogP contribution < -0.4 is 0 Å². The molecule has 0 nitrogen and oxygen atoms in total. The van der Waals surface area contributed by atoms with E-state index >= 15 is 0 Å². The van der Waals surface area contributed by atoms with E-state index in [0.717, 1.165) is 12.3 Å². The molecule has 0 saturated carbocycles. The van der Waals surface area contributed by atoms with Crippen LogP contribution in [0.4, 0.5) is 0 Å². The summed E-state index contributed by atoms with van der Waals surface area (Å²) in [5.41, 5.74) is 4.63. The van der Waals surface area contributed by atoms with Gasteiger partial charge in [-0.05, 0) is 48.8 Å². The van der Waals surface area contributed by atoms with Crippen molar-refractivity contribution in [2.75, 3.05) is 5.88 Å². The van der Waals surface area contributed by atoms with Gasteiger partial charge >= 0.3 is 0 Å². The monoisotopic (exact) mass is 194 g/mol. The van der Waals surface area contributed by atoms with Gasteiger partial charge in [0, 0.05) is 5.88 Å². The first-order valence-corrected chi connectivity index (χ1v) is 5.61. The largest absolute Gasteiger partial charge is 0.126 e. The Kier molecular flexibility index (Phi) is 2.90. The van der Waals surface area contributed by atoms with Crippen LogP contribution in [0.15, 0.2) is 18.2 Å². The molecule has 0 radical (unpaired) electrons. The summed E-state index contributed by atoms with van der Waals surface area (Å²) in [5.74, 6) is 0.746. The van der Waals surface area contributed by atoms with Crippen molar-refractivity contribution >= 4 is 11.6 Å². The second-order valence-electron chi connectivity index (χ2n) is 3.70. The van der Waals surface area contributed by atoms with Crippen LogP contribution in [0, 0.1) is 0 Å². The zero-order valence-electron chi connectivity index (χ0n) is 7.85. The van der Waals surface area contributed by atoms with Gasteiger partial charge in [0.15, 0.2) is 0 Å². The molecule has 0 fully saturated rings. The first-order chi connectivity index (χ1) is 6.42. The van der Waals surface area contributed by atoms with E-state index in [-0.39, 0.29) is 0 Å². The van der Waals surface area contributed by atoms with E-state index in [4.69, 9.17) is 11.6 Å².